The topological polar surface area (TPSA) is 23.8 Å². The minimum atomic E-state index is 0.0127. The standard InChI is InChI=1S/C10H10NSi/c1-2-8(7-11)9-5-3-4-6-10(9)12/h3-6,8H,2H2,1H3. The van der Waals surface area contributed by atoms with Crippen LogP contribution in [0.3, 0.4) is 0 Å². The lowest BCUT2D eigenvalue weighted by Gasteiger charge is -2.08. The number of nitrogens with zero attached hydrogens (tertiary/aromatic N) is 1. The van der Waals surface area contributed by atoms with E-state index in [1.165, 1.54) is 0 Å². The smallest absolute Gasteiger partial charge is 0.0716 e. The van der Waals surface area contributed by atoms with E-state index in [-0.39, 0.29) is 5.92 Å². The van der Waals surface area contributed by atoms with Crippen LogP contribution < -0.4 is 5.19 Å². The quantitative estimate of drug-likeness (QED) is 0.620. The van der Waals surface area contributed by atoms with Gasteiger partial charge in [0.15, 0.2) is 0 Å². The fourth-order valence-corrected chi connectivity index (χ4v) is 1.54. The Labute approximate surface area is 76.5 Å². The summed E-state index contributed by atoms with van der Waals surface area (Å²) in [6.07, 6.45) is 0.859. The summed E-state index contributed by atoms with van der Waals surface area (Å²) in [5.74, 6) is 0.0127. The lowest BCUT2D eigenvalue weighted by atomic mass is 9.98. The van der Waals surface area contributed by atoms with Gasteiger partial charge in [-0.2, -0.15) is 5.26 Å². The highest BCUT2D eigenvalue weighted by Gasteiger charge is 2.08. The maximum Gasteiger partial charge on any atom is 0.0716 e. The predicted molar refractivity (Wildman–Crippen MR) is 50.5 cm³/mol. The average molecular weight is 172 g/mol. The third-order valence-electron chi connectivity index (χ3n) is 1.90. The van der Waals surface area contributed by atoms with Gasteiger partial charge in [-0.3, -0.25) is 0 Å². The second-order valence-corrected chi connectivity index (χ2v) is 3.22. The van der Waals surface area contributed by atoms with E-state index >= 15 is 0 Å². The lowest BCUT2D eigenvalue weighted by molar-refractivity contribution is 0.823. The Morgan fingerprint density at radius 3 is 2.67 bits per heavy atom. The molecular weight excluding hydrogens is 162 g/mol. The number of hydrogen-bond donors (Lipinski definition) is 0. The molecular formula is C10H10NSi. The molecule has 1 aromatic rings. The van der Waals surface area contributed by atoms with Crippen molar-refractivity contribution in [1.29, 1.82) is 5.26 Å². The molecule has 0 fully saturated rings. The minimum absolute atomic E-state index is 0.0127. The molecule has 1 nitrogen and oxygen atoms in total. The van der Waals surface area contributed by atoms with Crippen LogP contribution in [0.4, 0.5) is 0 Å². The maximum atomic E-state index is 8.83. The third-order valence-corrected chi connectivity index (χ3v) is 2.36. The Bertz CT molecular complexity index is 301. The van der Waals surface area contributed by atoms with Crippen LogP contribution in [-0.2, 0) is 0 Å². The Morgan fingerprint density at radius 2 is 2.17 bits per heavy atom. The molecule has 0 bridgehead atoms. The number of nitriles is 1. The molecule has 0 aliphatic carbocycles. The van der Waals surface area contributed by atoms with Crippen LogP contribution in [0.5, 0.6) is 0 Å². The van der Waals surface area contributed by atoms with Crippen molar-refractivity contribution >= 4 is 15.4 Å². The first-order valence-electron chi connectivity index (χ1n) is 3.99. The highest BCUT2D eigenvalue weighted by molar-refractivity contribution is 6.33. The zero-order valence-corrected chi connectivity index (χ0v) is 8.04. The molecule has 0 heterocycles. The molecule has 2 heteroatoms. The van der Waals surface area contributed by atoms with Crippen molar-refractivity contribution < 1.29 is 0 Å². The number of benzene rings is 1. The summed E-state index contributed by atoms with van der Waals surface area (Å²) < 4.78 is 0. The SMILES string of the molecule is CCC(C#N)c1ccccc1[Si]. The van der Waals surface area contributed by atoms with E-state index < -0.39 is 0 Å². The van der Waals surface area contributed by atoms with Crippen molar-refractivity contribution in [2.75, 3.05) is 0 Å². The Morgan fingerprint density at radius 1 is 1.50 bits per heavy atom. The molecule has 12 heavy (non-hydrogen) atoms. The van der Waals surface area contributed by atoms with Crippen LogP contribution in [0.25, 0.3) is 0 Å². The summed E-state index contributed by atoms with van der Waals surface area (Å²) in [6, 6.07) is 10.1. The molecule has 0 saturated carbocycles. The molecule has 1 atom stereocenters. The van der Waals surface area contributed by atoms with Gasteiger partial charge in [0, 0.05) is 0 Å². The van der Waals surface area contributed by atoms with Gasteiger partial charge < -0.3 is 0 Å². The Hall–Kier alpha value is -1.07. The van der Waals surface area contributed by atoms with Gasteiger partial charge in [-0.25, -0.2) is 0 Å². The van der Waals surface area contributed by atoms with Gasteiger partial charge >= 0.3 is 0 Å². The molecule has 0 amide bonds. The first kappa shape index (κ1) is 9.02. The first-order valence-corrected chi connectivity index (χ1v) is 4.49. The fourth-order valence-electron chi connectivity index (χ4n) is 1.18. The molecule has 0 saturated heterocycles. The van der Waals surface area contributed by atoms with E-state index in [1.807, 2.05) is 31.2 Å². The largest absolute Gasteiger partial charge is 0.198 e. The molecule has 0 aliphatic heterocycles. The number of rotatable bonds is 2. The third kappa shape index (κ3) is 1.75. The molecule has 0 N–H and O–H groups in total. The molecule has 1 rings (SSSR count). The Balaban J connectivity index is 3.02. The van der Waals surface area contributed by atoms with Gasteiger partial charge in [-0.15, -0.1) is 0 Å². The Kier molecular flexibility index (Phi) is 3.07. The maximum absolute atomic E-state index is 8.83. The van der Waals surface area contributed by atoms with E-state index in [1.54, 1.807) is 0 Å². The molecule has 0 aromatic heterocycles. The summed E-state index contributed by atoms with van der Waals surface area (Å²) >= 11 is 0. The molecule has 3 radical (unpaired) electrons. The molecule has 1 aromatic carbocycles. The van der Waals surface area contributed by atoms with E-state index in [9.17, 15) is 0 Å². The summed E-state index contributed by atoms with van der Waals surface area (Å²) in [7, 11) is 3.48. The van der Waals surface area contributed by atoms with Gasteiger partial charge in [-0.1, -0.05) is 36.4 Å². The second-order valence-electron chi connectivity index (χ2n) is 2.68. The second kappa shape index (κ2) is 4.08. The summed E-state index contributed by atoms with van der Waals surface area (Å²) in [5.41, 5.74) is 1.08. The van der Waals surface area contributed by atoms with Gasteiger partial charge in [0.25, 0.3) is 0 Å². The monoisotopic (exact) mass is 172 g/mol. The van der Waals surface area contributed by atoms with Crippen molar-refractivity contribution in [3.05, 3.63) is 29.8 Å². The summed E-state index contributed by atoms with van der Waals surface area (Å²) in [6.45, 7) is 2.02. The van der Waals surface area contributed by atoms with Crippen LogP contribution in [0.2, 0.25) is 0 Å². The van der Waals surface area contributed by atoms with E-state index in [2.05, 4.69) is 16.3 Å². The average Bonchev–Trinajstić information content (AvgIpc) is 2.10. The van der Waals surface area contributed by atoms with Gasteiger partial charge in [0.05, 0.1) is 22.2 Å². The summed E-state index contributed by atoms with van der Waals surface area (Å²) in [4.78, 5) is 0. The van der Waals surface area contributed by atoms with Crippen molar-refractivity contribution in [3.63, 3.8) is 0 Å². The van der Waals surface area contributed by atoms with E-state index in [4.69, 9.17) is 5.26 Å². The molecule has 0 spiro atoms. The highest BCUT2D eigenvalue weighted by Crippen LogP contribution is 2.15. The molecule has 1 unspecified atom stereocenters. The lowest BCUT2D eigenvalue weighted by Crippen LogP contribution is -2.12. The van der Waals surface area contributed by atoms with Crippen molar-refractivity contribution in [2.24, 2.45) is 0 Å². The zero-order valence-electron chi connectivity index (χ0n) is 7.04. The van der Waals surface area contributed by atoms with Crippen LogP contribution in [0, 0.1) is 11.3 Å². The van der Waals surface area contributed by atoms with Gasteiger partial charge in [0.1, 0.15) is 0 Å². The summed E-state index contributed by atoms with van der Waals surface area (Å²) in [5, 5.41) is 9.85. The fraction of sp³-hybridized carbons (Fsp3) is 0.300. The van der Waals surface area contributed by atoms with Crippen molar-refractivity contribution in [2.45, 2.75) is 19.3 Å². The van der Waals surface area contributed by atoms with Crippen molar-refractivity contribution in [1.82, 2.24) is 0 Å². The van der Waals surface area contributed by atoms with Crippen LogP contribution in [0.15, 0.2) is 24.3 Å². The van der Waals surface area contributed by atoms with Crippen LogP contribution >= 0.6 is 0 Å². The molecule has 0 aliphatic rings. The van der Waals surface area contributed by atoms with Crippen LogP contribution in [0.1, 0.15) is 24.8 Å². The van der Waals surface area contributed by atoms with E-state index in [0.29, 0.717) is 0 Å². The molecule has 59 valence electrons. The zero-order chi connectivity index (χ0) is 8.97. The predicted octanol–water partition coefficient (Wildman–Crippen LogP) is 1.50. The van der Waals surface area contributed by atoms with Crippen LogP contribution in [-0.4, -0.2) is 10.2 Å². The normalized spacial score (nSPS) is 12.1. The van der Waals surface area contributed by atoms with Crippen molar-refractivity contribution in [3.8, 4) is 6.07 Å². The number of hydrogen-bond acceptors (Lipinski definition) is 1. The van der Waals surface area contributed by atoms with Gasteiger partial charge in [0.2, 0.25) is 0 Å². The minimum Gasteiger partial charge on any atom is -0.198 e. The highest BCUT2D eigenvalue weighted by atomic mass is 28.1. The van der Waals surface area contributed by atoms with Gasteiger partial charge in [-0.05, 0) is 12.0 Å². The first-order chi connectivity index (χ1) is 5.79. The van der Waals surface area contributed by atoms with E-state index in [0.717, 1.165) is 17.2 Å².